The summed E-state index contributed by atoms with van der Waals surface area (Å²) >= 11 is 3.55. The van der Waals surface area contributed by atoms with Gasteiger partial charge in [0.1, 0.15) is 5.75 Å². The Labute approximate surface area is 129 Å². The summed E-state index contributed by atoms with van der Waals surface area (Å²) in [5.41, 5.74) is 1.21. The first-order valence-electron chi connectivity index (χ1n) is 6.87. The van der Waals surface area contributed by atoms with E-state index in [9.17, 15) is 0 Å². The van der Waals surface area contributed by atoms with Gasteiger partial charge in [-0.1, -0.05) is 15.9 Å². The monoisotopic (exact) mass is 345 g/mol. The summed E-state index contributed by atoms with van der Waals surface area (Å²) in [5.74, 6) is 0.886. The third-order valence-corrected chi connectivity index (χ3v) is 3.67. The highest BCUT2D eigenvalue weighted by Crippen LogP contribution is 2.22. The lowest BCUT2D eigenvalue weighted by atomic mass is 10.2. The smallest absolute Gasteiger partial charge is 0.119 e. The van der Waals surface area contributed by atoms with Crippen molar-refractivity contribution in [1.29, 1.82) is 0 Å². The van der Waals surface area contributed by atoms with Crippen LogP contribution in [0.1, 0.15) is 18.4 Å². The number of hydrogen-bond donors (Lipinski definition) is 1. The predicted molar refractivity (Wildman–Crippen MR) is 84.3 cm³/mol. The number of unbranched alkanes of at least 4 members (excludes halogenated alkanes) is 1. The Kier molecular flexibility index (Phi) is 9.66. The number of halogens is 1. The first-order valence-corrected chi connectivity index (χ1v) is 7.67. The van der Waals surface area contributed by atoms with Crippen molar-refractivity contribution in [2.45, 2.75) is 19.4 Å². The Morgan fingerprint density at radius 2 is 1.95 bits per heavy atom. The van der Waals surface area contributed by atoms with E-state index in [4.69, 9.17) is 14.2 Å². The molecule has 0 aliphatic heterocycles. The van der Waals surface area contributed by atoms with Gasteiger partial charge in [0.2, 0.25) is 0 Å². The molecular formula is C15H24BrNO3. The summed E-state index contributed by atoms with van der Waals surface area (Å²) in [7, 11) is 3.37. The second-order valence-electron chi connectivity index (χ2n) is 4.45. The van der Waals surface area contributed by atoms with E-state index in [-0.39, 0.29) is 0 Å². The normalized spacial score (nSPS) is 10.8. The first-order chi connectivity index (χ1) is 9.77. The van der Waals surface area contributed by atoms with E-state index in [1.807, 2.05) is 18.2 Å². The van der Waals surface area contributed by atoms with Crippen molar-refractivity contribution in [2.24, 2.45) is 0 Å². The fourth-order valence-electron chi connectivity index (χ4n) is 1.74. The molecule has 0 fully saturated rings. The molecule has 1 aromatic carbocycles. The summed E-state index contributed by atoms with van der Waals surface area (Å²) in [4.78, 5) is 0. The van der Waals surface area contributed by atoms with Gasteiger partial charge in [-0.2, -0.15) is 0 Å². The molecule has 1 rings (SSSR count). The van der Waals surface area contributed by atoms with Crippen LogP contribution in [0.4, 0.5) is 0 Å². The Morgan fingerprint density at radius 3 is 2.70 bits per heavy atom. The molecule has 0 unspecified atom stereocenters. The minimum absolute atomic E-state index is 0.669. The maximum Gasteiger partial charge on any atom is 0.119 e. The molecule has 0 radical (unpaired) electrons. The summed E-state index contributed by atoms with van der Waals surface area (Å²) in [6.45, 7) is 3.97. The van der Waals surface area contributed by atoms with Crippen LogP contribution in [0.3, 0.4) is 0 Å². The van der Waals surface area contributed by atoms with Crippen molar-refractivity contribution >= 4 is 15.9 Å². The number of nitrogens with one attached hydrogen (secondary N) is 1. The van der Waals surface area contributed by atoms with Gasteiger partial charge in [-0.25, -0.2) is 0 Å². The second kappa shape index (κ2) is 11.1. The Hall–Kier alpha value is -0.620. The van der Waals surface area contributed by atoms with E-state index >= 15 is 0 Å². The molecule has 1 N–H and O–H groups in total. The number of hydrogen-bond acceptors (Lipinski definition) is 4. The van der Waals surface area contributed by atoms with Crippen molar-refractivity contribution in [3.05, 3.63) is 28.2 Å². The molecule has 114 valence electrons. The number of rotatable bonds is 11. The van der Waals surface area contributed by atoms with Crippen molar-refractivity contribution in [1.82, 2.24) is 5.32 Å². The van der Waals surface area contributed by atoms with Crippen LogP contribution in [0.2, 0.25) is 0 Å². The molecular weight excluding hydrogens is 322 g/mol. The third kappa shape index (κ3) is 7.24. The quantitative estimate of drug-likeness (QED) is 0.626. The molecule has 0 aliphatic carbocycles. The van der Waals surface area contributed by atoms with E-state index in [1.54, 1.807) is 14.2 Å². The lowest BCUT2D eigenvalue weighted by Gasteiger charge is -2.09. The minimum Gasteiger partial charge on any atom is -0.497 e. The second-order valence-corrected chi connectivity index (χ2v) is 5.30. The summed E-state index contributed by atoms with van der Waals surface area (Å²) in [6.07, 6.45) is 2.17. The van der Waals surface area contributed by atoms with Crippen LogP contribution < -0.4 is 10.1 Å². The zero-order valence-corrected chi connectivity index (χ0v) is 13.9. The molecule has 0 amide bonds. The summed E-state index contributed by atoms with van der Waals surface area (Å²) in [6, 6.07) is 6.01. The fourth-order valence-corrected chi connectivity index (χ4v) is 2.12. The van der Waals surface area contributed by atoms with E-state index in [1.165, 1.54) is 5.56 Å². The molecule has 1 aromatic rings. The van der Waals surface area contributed by atoms with Crippen molar-refractivity contribution in [3.8, 4) is 5.75 Å². The van der Waals surface area contributed by atoms with Crippen LogP contribution in [0.5, 0.6) is 5.75 Å². The van der Waals surface area contributed by atoms with Crippen LogP contribution in [0.15, 0.2) is 22.7 Å². The van der Waals surface area contributed by atoms with Crippen LogP contribution in [-0.4, -0.2) is 40.6 Å². The Balaban J connectivity index is 2.09. The molecule has 5 heteroatoms. The van der Waals surface area contributed by atoms with Crippen LogP contribution in [0.25, 0.3) is 0 Å². The molecule has 0 spiro atoms. The van der Waals surface area contributed by atoms with Crippen molar-refractivity contribution in [2.75, 3.05) is 40.6 Å². The molecule has 4 nitrogen and oxygen atoms in total. The summed E-state index contributed by atoms with van der Waals surface area (Å²) in [5, 5.41) is 3.43. The molecule has 0 aliphatic rings. The van der Waals surface area contributed by atoms with Gasteiger partial charge in [-0.05, 0) is 43.1 Å². The van der Waals surface area contributed by atoms with Gasteiger partial charge in [0.15, 0.2) is 0 Å². The maximum absolute atomic E-state index is 5.41. The van der Waals surface area contributed by atoms with E-state index in [0.29, 0.717) is 13.2 Å². The summed E-state index contributed by atoms with van der Waals surface area (Å²) < 4.78 is 16.7. The molecule has 0 bridgehead atoms. The lowest BCUT2D eigenvalue weighted by molar-refractivity contribution is 0.0688. The number of methoxy groups -OCH3 is 2. The standard InChI is InChI=1S/C15H24BrNO3/c1-18-9-10-20-8-4-3-7-17-12-13-11-14(19-2)5-6-15(13)16/h5-6,11,17H,3-4,7-10,12H2,1-2H3. The van der Waals surface area contributed by atoms with E-state index < -0.39 is 0 Å². The zero-order chi connectivity index (χ0) is 14.6. The fraction of sp³-hybridized carbons (Fsp3) is 0.600. The van der Waals surface area contributed by atoms with Crippen molar-refractivity contribution in [3.63, 3.8) is 0 Å². The van der Waals surface area contributed by atoms with Gasteiger partial charge < -0.3 is 19.5 Å². The Bertz CT molecular complexity index is 374. The molecule has 20 heavy (non-hydrogen) atoms. The molecule has 0 saturated heterocycles. The molecule has 0 heterocycles. The van der Waals surface area contributed by atoms with Crippen LogP contribution in [-0.2, 0) is 16.0 Å². The minimum atomic E-state index is 0.669. The highest BCUT2D eigenvalue weighted by Gasteiger charge is 2.01. The average molecular weight is 346 g/mol. The first kappa shape index (κ1) is 17.4. The van der Waals surface area contributed by atoms with Crippen LogP contribution in [0, 0.1) is 0 Å². The molecule has 0 atom stereocenters. The lowest BCUT2D eigenvalue weighted by Crippen LogP contribution is -2.15. The largest absolute Gasteiger partial charge is 0.497 e. The molecule has 0 saturated carbocycles. The SMILES string of the molecule is COCCOCCCCNCc1cc(OC)ccc1Br. The van der Waals surface area contributed by atoms with Gasteiger partial charge in [0.05, 0.1) is 20.3 Å². The number of ether oxygens (including phenoxy) is 3. The topological polar surface area (TPSA) is 39.7 Å². The molecule has 0 aromatic heterocycles. The third-order valence-electron chi connectivity index (χ3n) is 2.89. The van der Waals surface area contributed by atoms with Crippen molar-refractivity contribution < 1.29 is 14.2 Å². The van der Waals surface area contributed by atoms with Gasteiger partial charge in [-0.3, -0.25) is 0 Å². The van der Waals surface area contributed by atoms with E-state index in [2.05, 4.69) is 21.2 Å². The number of benzene rings is 1. The highest BCUT2D eigenvalue weighted by atomic mass is 79.9. The van der Waals surface area contributed by atoms with Gasteiger partial charge in [-0.15, -0.1) is 0 Å². The zero-order valence-electron chi connectivity index (χ0n) is 12.3. The van der Waals surface area contributed by atoms with Gasteiger partial charge in [0, 0.05) is 24.7 Å². The highest BCUT2D eigenvalue weighted by molar-refractivity contribution is 9.10. The maximum atomic E-state index is 5.41. The average Bonchev–Trinajstić information content (AvgIpc) is 2.47. The van der Waals surface area contributed by atoms with Gasteiger partial charge in [0.25, 0.3) is 0 Å². The predicted octanol–water partition coefficient (Wildman–Crippen LogP) is 2.99. The van der Waals surface area contributed by atoms with Gasteiger partial charge >= 0.3 is 0 Å². The Morgan fingerprint density at radius 1 is 1.10 bits per heavy atom. The van der Waals surface area contributed by atoms with Crippen LogP contribution >= 0.6 is 15.9 Å². The van der Waals surface area contributed by atoms with E-state index in [0.717, 1.165) is 42.8 Å².